The fourth-order valence-corrected chi connectivity index (χ4v) is 5.70. The Hall–Kier alpha value is -2.10. The molecule has 0 aliphatic rings. The van der Waals surface area contributed by atoms with Crippen molar-refractivity contribution in [2.45, 2.75) is 206 Å². The summed E-state index contributed by atoms with van der Waals surface area (Å²) < 4.78 is 5.98. The second-order valence-corrected chi connectivity index (χ2v) is 13.1. The highest BCUT2D eigenvalue weighted by Gasteiger charge is 2.14. The van der Waals surface area contributed by atoms with Gasteiger partial charge in [-0.3, -0.25) is 9.59 Å². The van der Waals surface area contributed by atoms with Gasteiger partial charge in [-0.05, 0) is 77.0 Å². The topological polar surface area (TPSA) is 63.6 Å². The molecule has 0 radical (unpaired) electrons. The maximum atomic E-state index is 12.6. The number of carbonyl (C=O) groups excluding carboxylic acids is 1. The molecule has 0 fully saturated rings. The lowest BCUT2D eigenvalue weighted by Crippen LogP contribution is -2.18. The van der Waals surface area contributed by atoms with Crippen molar-refractivity contribution >= 4 is 11.9 Å². The maximum absolute atomic E-state index is 12.6. The van der Waals surface area contributed by atoms with Gasteiger partial charge in [0.05, 0.1) is 0 Å². The molecule has 0 bridgehead atoms. The molecule has 0 aromatic rings. The molecule has 1 N–H and O–H groups in total. The van der Waals surface area contributed by atoms with Crippen LogP contribution in [0.25, 0.3) is 0 Å². The molecule has 0 aliphatic carbocycles. The lowest BCUT2D eigenvalue weighted by molar-refractivity contribution is -0.150. The van der Waals surface area contributed by atoms with Crippen LogP contribution in [0.2, 0.25) is 0 Å². The third-order valence-corrected chi connectivity index (χ3v) is 8.57. The molecule has 0 amide bonds. The first-order chi connectivity index (χ1) is 22.6. The van der Waals surface area contributed by atoms with Crippen molar-refractivity contribution in [3.8, 4) is 0 Å². The SMILES string of the molecule is CC/C=C\C/C=C\C/C=C\C/C=C\CCCCC(=O)OC(CCCCCCCCCCCCCCC)CCCCCCCC(=O)O. The summed E-state index contributed by atoms with van der Waals surface area (Å²) in [6.45, 7) is 4.43. The third-order valence-electron chi connectivity index (χ3n) is 8.57. The van der Waals surface area contributed by atoms with E-state index in [4.69, 9.17) is 9.84 Å². The van der Waals surface area contributed by atoms with Crippen molar-refractivity contribution < 1.29 is 19.4 Å². The highest BCUT2D eigenvalue weighted by atomic mass is 16.5. The van der Waals surface area contributed by atoms with Gasteiger partial charge in [-0.25, -0.2) is 0 Å². The van der Waals surface area contributed by atoms with Gasteiger partial charge in [0.2, 0.25) is 0 Å². The third kappa shape index (κ3) is 36.4. The zero-order valence-corrected chi connectivity index (χ0v) is 30.4. The lowest BCUT2D eigenvalue weighted by Gasteiger charge is -2.18. The second kappa shape index (κ2) is 37.4. The molecule has 0 rings (SSSR count). The highest BCUT2D eigenvalue weighted by molar-refractivity contribution is 5.69. The predicted octanol–water partition coefficient (Wildman–Crippen LogP) is 13.6. The summed E-state index contributed by atoms with van der Waals surface area (Å²) in [6, 6.07) is 0. The van der Waals surface area contributed by atoms with Crippen molar-refractivity contribution in [3.63, 3.8) is 0 Å². The van der Waals surface area contributed by atoms with Gasteiger partial charge in [-0.2, -0.15) is 0 Å². The molecule has 4 nitrogen and oxygen atoms in total. The summed E-state index contributed by atoms with van der Waals surface area (Å²) in [4.78, 5) is 23.4. The number of allylic oxidation sites excluding steroid dienone is 8. The molecule has 0 spiro atoms. The van der Waals surface area contributed by atoms with E-state index in [0.29, 0.717) is 6.42 Å². The lowest BCUT2D eigenvalue weighted by atomic mass is 10.0. The molecular formula is C42H74O4. The molecule has 0 saturated carbocycles. The average molecular weight is 643 g/mol. The Labute approximate surface area is 285 Å². The summed E-state index contributed by atoms with van der Waals surface area (Å²) in [7, 11) is 0. The summed E-state index contributed by atoms with van der Waals surface area (Å²) in [5, 5.41) is 8.82. The first-order valence-electron chi connectivity index (χ1n) is 19.6. The Balaban J connectivity index is 4.13. The van der Waals surface area contributed by atoms with E-state index in [-0.39, 0.29) is 18.5 Å². The first-order valence-corrected chi connectivity index (χ1v) is 19.6. The molecule has 0 aromatic heterocycles. The molecule has 1 atom stereocenters. The molecule has 0 saturated heterocycles. The van der Waals surface area contributed by atoms with Crippen LogP contribution in [0, 0.1) is 0 Å². The summed E-state index contributed by atoms with van der Waals surface area (Å²) in [6.07, 6.45) is 49.8. The van der Waals surface area contributed by atoms with Gasteiger partial charge in [-0.15, -0.1) is 0 Å². The minimum Gasteiger partial charge on any atom is -0.481 e. The van der Waals surface area contributed by atoms with Crippen molar-refractivity contribution in [2.24, 2.45) is 0 Å². The minimum atomic E-state index is -0.705. The van der Waals surface area contributed by atoms with Crippen molar-refractivity contribution in [1.29, 1.82) is 0 Å². The van der Waals surface area contributed by atoms with E-state index in [1.807, 2.05) is 0 Å². The molecular weight excluding hydrogens is 568 g/mol. The zero-order valence-electron chi connectivity index (χ0n) is 30.4. The molecule has 266 valence electrons. The predicted molar refractivity (Wildman–Crippen MR) is 199 cm³/mol. The van der Waals surface area contributed by atoms with E-state index in [1.54, 1.807) is 0 Å². The van der Waals surface area contributed by atoms with Crippen LogP contribution in [-0.2, 0) is 14.3 Å². The summed E-state index contributed by atoms with van der Waals surface area (Å²) in [5.74, 6) is -0.741. The van der Waals surface area contributed by atoms with Crippen LogP contribution < -0.4 is 0 Å². The number of carboxylic acids is 1. The van der Waals surface area contributed by atoms with E-state index in [2.05, 4.69) is 62.5 Å². The quantitative estimate of drug-likeness (QED) is 0.0424. The Morgan fingerprint density at radius 2 is 0.913 bits per heavy atom. The van der Waals surface area contributed by atoms with E-state index < -0.39 is 5.97 Å². The molecule has 46 heavy (non-hydrogen) atoms. The van der Waals surface area contributed by atoms with Crippen LogP contribution in [0.5, 0.6) is 0 Å². The zero-order chi connectivity index (χ0) is 33.6. The van der Waals surface area contributed by atoms with E-state index in [9.17, 15) is 9.59 Å². The smallest absolute Gasteiger partial charge is 0.306 e. The normalized spacial score (nSPS) is 12.7. The van der Waals surface area contributed by atoms with Crippen LogP contribution >= 0.6 is 0 Å². The highest BCUT2D eigenvalue weighted by Crippen LogP contribution is 2.19. The Morgan fingerprint density at radius 1 is 0.500 bits per heavy atom. The average Bonchev–Trinajstić information content (AvgIpc) is 3.04. The van der Waals surface area contributed by atoms with Crippen LogP contribution in [-0.4, -0.2) is 23.1 Å². The van der Waals surface area contributed by atoms with E-state index >= 15 is 0 Å². The molecule has 0 aliphatic heterocycles. The first kappa shape index (κ1) is 43.9. The van der Waals surface area contributed by atoms with Crippen molar-refractivity contribution in [1.82, 2.24) is 0 Å². The van der Waals surface area contributed by atoms with Gasteiger partial charge < -0.3 is 9.84 Å². The monoisotopic (exact) mass is 643 g/mol. The van der Waals surface area contributed by atoms with Gasteiger partial charge in [0.25, 0.3) is 0 Å². The number of carboxylic acid groups (broad SMARTS) is 1. The number of carbonyl (C=O) groups is 2. The van der Waals surface area contributed by atoms with Gasteiger partial charge >= 0.3 is 11.9 Å². The Kier molecular flexibility index (Phi) is 35.7. The number of rotatable bonds is 35. The van der Waals surface area contributed by atoms with Gasteiger partial charge in [0.1, 0.15) is 6.10 Å². The Bertz CT molecular complexity index is 779. The van der Waals surface area contributed by atoms with E-state index in [1.165, 1.54) is 77.0 Å². The van der Waals surface area contributed by atoms with Gasteiger partial charge in [-0.1, -0.05) is 159 Å². The molecule has 4 heteroatoms. The fourth-order valence-electron chi connectivity index (χ4n) is 5.70. The Morgan fingerprint density at radius 3 is 1.39 bits per heavy atom. The number of unbranched alkanes of at least 4 members (excludes halogenated alkanes) is 18. The summed E-state index contributed by atoms with van der Waals surface area (Å²) >= 11 is 0. The van der Waals surface area contributed by atoms with E-state index in [0.717, 1.165) is 96.3 Å². The van der Waals surface area contributed by atoms with Crippen LogP contribution in [0.1, 0.15) is 200 Å². The second-order valence-electron chi connectivity index (χ2n) is 13.1. The van der Waals surface area contributed by atoms with Crippen LogP contribution in [0.3, 0.4) is 0 Å². The van der Waals surface area contributed by atoms with Crippen LogP contribution in [0.4, 0.5) is 0 Å². The number of aliphatic carboxylic acids is 1. The summed E-state index contributed by atoms with van der Waals surface area (Å²) in [5.41, 5.74) is 0. The molecule has 1 unspecified atom stereocenters. The van der Waals surface area contributed by atoms with Crippen molar-refractivity contribution in [2.75, 3.05) is 0 Å². The molecule has 0 aromatic carbocycles. The number of hydrogen-bond acceptors (Lipinski definition) is 3. The minimum absolute atomic E-state index is 0.0357. The largest absolute Gasteiger partial charge is 0.481 e. The maximum Gasteiger partial charge on any atom is 0.306 e. The number of esters is 1. The van der Waals surface area contributed by atoms with Gasteiger partial charge in [0, 0.05) is 12.8 Å². The van der Waals surface area contributed by atoms with Gasteiger partial charge in [0.15, 0.2) is 0 Å². The number of hydrogen-bond donors (Lipinski definition) is 1. The fraction of sp³-hybridized carbons (Fsp3) is 0.762. The standard InChI is InChI=1S/C42H74O4/c1-3-5-7-9-11-13-15-17-18-20-22-24-26-31-35-39-42(45)46-40(37-33-29-27-30-34-38-41(43)44)36-32-28-25-23-21-19-16-14-12-10-8-6-4-2/h5,7,11,13,17-18,22,24,40H,3-4,6,8-10,12,14-16,19-21,23,25-39H2,1-2H3,(H,43,44)/b7-5-,13-11-,18-17-,24-22-. The molecule has 0 heterocycles. The van der Waals surface area contributed by atoms with Crippen molar-refractivity contribution in [3.05, 3.63) is 48.6 Å². The van der Waals surface area contributed by atoms with Crippen LogP contribution in [0.15, 0.2) is 48.6 Å². The number of ether oxygens (including phenoxy) is 1.